The van der Waals surface area contributed by atoms with Crippen LogP contribution in [-0.2, 0) is 38.0 Å². The van der Waals surface area contributed by atoms with Gasteiger partial charge >= 0.3 is 11.9 Å². The molecule has 59 heavy (non-hydrogen) atoms. The summed E-state index contributed by atoms with van der Waals surface area (Å²) in [5.74, 6) is -0.946. The molecular formula is C44H78O15. The fourth-order valence-electron chi connectivity index (χ4n) is 6.89. The Morgan fingerprint density at radius 1 is 0.542 bits per heavy atom. The van der Waals surface area contributed by atoms with Gasteiger partial charge in [0, 0.05) is 12.8 Å². The summed E-state index contributed by atoms with van der Waals surface area (Å²) >= 11 is 0. The van der Waals surface area contributed by atoms with Gasteiger partial charge < -0.3 is 64.2 Å². The van der Waals surface area contributed by atoms with E-state index in [1.165, 1.54) is 44.9 Å². The van der Waals surface area contributed by atoms with Gasteiger partial charge in [-0.25, -0.2) is 0 Å². The van der Waals surface area contributed by atoms with Crippen molar-refractivity contribution in [1.82, 2.24) is 0 Å². The van der Waals surface area contributed by atoms with Gasteiger partial charge in [0.25, 0.3) is 0 Å². The molecule has 2 aliphatic rings. The maximum atomic E-state index is 12.9. The molecule has 344 valence electrons. The molecule has 0 aromatic carbocycles. The largest absolute Gasteiger partial charge is 0.462 e. The minimum absolute atomic E-state index is 0.151. The first-order valence-corrected chi connectivity index (χ1v) is 22.4. The molecule has 2 aliphatic heterocycles. The van der Waals surface area contributed by atoms with Crippen molar-refractivity contribution in [1.29, 1.82) is 0 Å². The van der Waals surface area contributed by atoms with Gasteiger partial charge in [-0.3, -0.25) is 9.59 Å². The summed E-state index contributed by atoms with van der Waals surface area (Å²) in [4.78, 5) is 25.5. The summed E-state index contributed by atoms with van der Waals surface area (Å²) in [5.41, 5.74) is 0. The molecule has 11 atom stereocenters. The second-order valence-electron chi connectivity index (χ2n) is 15.9. The summed E-state index contributed by atoms with van der Waals surface area (Å²) in [6.45, 7) is 2.49. The molecule has 0 aromatic heterocycles. The Hall–Kier alpha value is -2.02. The monoisotopic (exact) mass is 847 g/mol. The molecule has 0 aliphatic carbocycles. The molecule has 2 rings (SSSR count). The van der Waals surface area contributed by atoms with Crippen molar-refractivity contribution in [2.24, 2.45) is 0 Å². The smallest absolute Gasteiger partial charge is 0.306 e. The van der Waals surface area contributed by atoms with E-state index in [0.29, 0.717) is 12.8 Å². The Morgan fingerprint density at radius 2 is 1.02 bits per heavy atom. The Balaban J connectivity index is 1.86. The molecule has 0 radical (unpaired) electrons. The number of aliphatic hydroxyl groups excluding tert-OH is 7. The molecule has 2 fully saturated rings. The number of hydrogen-bond acceptors (Lipinski definition) is 15. The minimum atomic E-state index is -1.76. The van der Waals surface area contributed by atoms with Crippen LogP contribution in [0.25, 0.3) is 0 Å². The van der Waals surface area contributed by atoms with Crippen LogP contribution in [0.2, 0.25) is 0 Å². The van der Waals surface area contributed by atoms with Crippen LogP contribution in [0.4, 0.5) is 0 Å². The average molecular weight is 847 g/mol. The summed E-state index contributed by atoms with van der Waals surface area (Å²) in [5, 5.41) is 71.7. The Bertz CT molecular complexity index is 1140. The van der Waals surface area contributed by atoms with Crippen molar-refractivity contribution in [3.05, 3.63) is 24.3 Å². The summed E-state index contributed by atoms with van der Waals surface area (Å²) in [6.07, 6.45) is 12.4. The molecule has 11 unspecified atom stereocenters. The maximum absolute atomic E-state index is 12.9. The van der Waals surface area contributed by atoms with Gasteiger partial charge in [-0.2, -0.15) is 0 Å². The lowest BCUT2D eigenvalue weighted by molar-refractivity contribution is -0.332. The summed E-state index contributed by atoms with van der Waals surface area (Å²) < 4.78 is 33.4. The molecule has 0 spiro atoms. The number of carbonyl (C=O) groups is 2. The Morgan fingerprint density at radius 3 is 1.61 bits per heavy atom. The van der Waals surface area contributed by atoms with Gasteiger partial charge in [0.1, 0.15) is 55.4 Å². The van der Waals surface area contributed by atoms with E-state index in [1.807, 2.05) is 0 Å². The first kappa shape index (κ1) is 53.1. The predicted molar refractivity (Wildman–Crippen MR) is 220 cm³/mol. The topological polar surface area (TPSA) is 231 Å². The van der Waals surface area contributed by atoms with E-state index in [0.717, 1.165) is 64.2 Å². The van der Waals surface area contributed by atoms with E-state index < -0.39 is 92.7 Å². The fraction of sp³-hybridized carbons (Fsp3) is 0.864. The number of ether oxygens (including phenoxy) is 6. The second kappa shape index (κ2) is 32.7. The highest BCUT2D eigenvalue weighted by Gasteiger charge is 2.47. The van der Waals surface area contributed by atoms with Crippen molar-refractivity contribution in [2.45, 2.75) is 216 Å². The van der Waals surface area contributed by atoms with Crippen molar-refractivity contribution >= 4 is 11.9 Å². The normalized spacial score (nSPS) is 28.0. The SMILES string of the molecule is CCCCC/C=C\C/C=C\CCCCCCCC(=O)OC(COC(=O)CCCCCCCCCC)COC1OC(COC2OC(CO)C(O)C(O)C2O)C(O)C(O)C1O. The molecule has 0 amide bonds. The highest BCUT2D eigenvalue weighted by Crippen LogP contribution is 2.26. The van der Waals surface area contributed by atoms with Crippen LogP contribution in [0.5, 0.6) is 0 Å². The van der Waals surface area contributed by atoms with Crippen LogP contribution in [-0.4, -0.2) is 142 Å². The standard InChI is InChI=1S/C44H78O15/c1-3-5-7-9-11-13-14-15-16-17-18-19-21-23-25-27-36(47)57-32(29-54-35(46)26-24-22-20-12-10-8-6-4-2)30-55-43-42(53)40(51)38(49)34(59-43)31-56-44-41(52)39(50)37(48)33(28-45)58-44/h11,13,15-16,32-34,37-45,48-53H,3-10,12,14,17-31H2,1-2H3/b13-11-,16-15-. The van der Waals surface area contributed by atoms with Gasteiger partial charge in [0.2, 0.25) is 0 Å². The fourth-order valence-corrected chi connectivity index (χ4v) is 6.89. The molecular weight excluding hydrogens is 768 g/mol. The Kier molecular flexibility index (Phi) is 29.4. The van der Waals surface area contributed by atoms with Crippen LogP contribution in [0.15, 0.2) is 24.3 Å². The molecule has 15 nitrogen and oxygen atoms in total. The number of esters is 2. The molecule has 2 saturated heterocycles. The van der Waals surface area contributed by atoms with Gasteiger partial charge in [0.15, 0.2) is 18.7 Å². The highest BCUT2D eigenvalue weighted by molar-refractivity contribution is 5.70. The number of unbranched alkanes of at least 4 members (excludes halogenated alkanes) is 15. The second-order valence-corrected chi connectivity index (χ2v) is 15.9. The zero-order chi connectivity index (χ0) is 43.3. The van der Waals surface area contributed by atoms with Crippen molar-refractivity contribution in [3.63, 3.8) is 0 Å². The van der Waals surface area contributed by atoms with E-state index in [4.69, 9.17) is 28.4 Å². The minimum Gasteiger partial charge on any atom is -0.462 e. The third kappa shape index (κ3) is 22.1. The van der Waals surface area contributed by atoms with Gasteiger partial charge in [-0.15, -0.1) is 0 Å². The van der Waals surface area contributed by atoms with Crippen LogP contribution in [0.3, 0.4) is 0 Å². The van der Waals surface area contributed by atoms with Gasteiger partial charge in [0.05, 0.1) is 19.8 Å². The first-order chi connectivity index (χ1) is 28.5. The zero-order valence-electron chi connectivity index (χ0n) is 35.7. The van der Waals surface area contributed by atoms with Gasteiger partial charge in [-0.1, -0.05) is 115 Å². The highest BCUT2D eigenvalue weighted by atomic mass is 16.7. The Labute approximate surface area is 352 Å². The number of aliphatic hydroxyl groups is 7. The molecule has 0 bridgehead atoms. The number of hydrogen-bond donors (Lipinski definition) is 7. The van der Waals surface area contributed by atoms with Crippen LogP contribution in [0.1, 0.15) is 149 Å². The van der Waals surface area contributed by atoms with Crippen LogP contribution >= 0.6 is 0 Å². The number of carbonyl (C=O) groups excluding carboxylic acids is 2. The predicted octanol–water partition coefficient (Wildman–Crippen LogP) is 4.43. The van der Waals surface area contributed by atoms with Crippen molar-refractivity contribution in [2.75, 3.05) is 26.4 Å². The van der Waals surface area contributed by atoms with Crippen LogP contribution in [0, 0.1) is 0 Å². The zero-order valence-corrected chi connectivity index (χ0v) is 35.7. The quantitative estimate of drug-likeness (QED) is 0.0275. The number of rotatable bonds is 33. The lowest BCUT2D eigenvalue weighted by Gasteiger charge is -2.42. The average Bonchev–Trinajstić information content (AvgIpc) is 3.23. The van der Waals surface area contributed by atoms with E-state index >= 15 is 0 Å². The third-order valence-corrected chi connectivity index (χ3v) is 10.7. The maximum Gasteiger partial charge on any atom is 0.306 e. The van der Waals surface area contributed by atoms with E-state index in [9.17, 15) is 45.3 Å². The van der Waals surface area contributed by atoms with Crippen molar-refractivity contribution < 1.29 is 73.8 Å². The van der Waals surface area contributed by atoms with E-state index in [2.05, 4.69) is 38.2 Å². The molecule has 2 heterocycles. The number of allylic oxidation sites excluding steroid dienone is 4. The van der Waals surface area contributed by atoms with Crippen molar-refractivity contribution in [3.8, 4) is 0 Å². The summed E-state index contributed by atoms with van der Waals surface area (Å²) in [6, 6.07) is 0. The lowest BCUT2D eigenvalue weighted by Crippen LogP contribution is -2.61. The molecule has 7 N–H and O–H groups in total. The molecule has 0 aromatic rings. The lowest BCUT2D eigenvalue weighted by atomic mass is 9.98. The molecule has 0 saturated carbocycles. The third-order valence-electron chi connectivity index (χ3n) is 10.7. The van der Waals surface area contributed by atoms with Crippen LogP contribution < -0.4 is 0 Å². The molecule has 15 heteroatoms. The first-order valence-electron chi connectivity index (χ1n) is 22.4. The van der Waals surface area contributed by atoms with E-state index in [-0.39, 0.29) is 26.1 Å². The van der Waals surface area contributed by atoms with E-state index in [1.54, 1.807) is 0 Å². The summed E-state index contributed by atoms with van der Waals surface area (Å²) in [7, 11) is 0. The van der Waals surface area contributed by atoms with Gasteiger partial charge in [-0.05, 0) is 44.9 Å².